The first kappa shape index (κ1) is 18.6. The molecule has 0 aliphatic carbocycles. The van der Waals surface area contributed by atoms with Gasteiger partial charge in [-0.1, -0.05) is 22.0 Å². The van der Waals surface area contributed by atoms with Gasteiger partial charge in [-0.15, -0.1) is 0 Å². The average molecular weight is 446 g/mol. The summed E-state index contributed by atoms with van der Waals surface area (Å²) in [5, 5.41) is 27.9. The third kappa shape index (κ3) is 2.21. The van der Waals surface area contributed by atoms with Crippen molar-refractivity contribution in [3.05, 3.63) is 39.7 Å². The van der Waals surface area contributed by atoms with Gasteiger partial charge in [0.25, 0.3) is 0 Å². The number of halogens is 4. The molecule has 1 aromatic heterocycles. The van der Waals surface area contributed by atoms with Crippen molar-refractivity contribution in [2.45, 2.75) is 11.6 Å². The normalized spacial score (nSPS) is 19.4. The Morgan fingerprint density at radius 2 is 1.96 bits per heavy atom. The van der Waals surface area contributed by atoms with Gasteiger partial charge in [-0.05, 0) is 12.1 Å². The standard InChI is InChI=1S/C15H7BrF3N3O5/c16-5-1-2-6-8(3-5)22(13(25)26)11-9(6)14(12(23)24,15(17,18)19)7(4-20)10(21)27-11/h1-3H,21H2,(H,23,24)(H,25,26)/t14-/m1/s1. The summed E-state index contributed by atoms with van der Waals surface area (Å²) < 4.78 is 48.0. The zero-order valence-corrected chi connectivity index (χ0v) is 14.4. The van der Waals surface area contributed by atoms with Crippen LogP contribution in [0.1, 0.15) is 5.56 Å². The summed E-state index contributed by atoms with van der Waals surface area (Å²) >= 11 is 3.07. The van der Waals surface area contributed by atoms with Crippen LogP contribution in [0.25, 0.3) is 10.9 Å². The summed E-state index contributed by atoms with van der Waals surface area (Å²) in [4.78, 5) is 23.6. The van der Waals surface area contributed by atoms with Crippen molar-refractivity contribution in [1.29, 1.82) is 5.26 Å². The van der Waals surface area contributed by atoms with E-state index >= 15 is 0 Å². The van der Waals surface area contributed by atoms with Gasteiger partial charge in [0.05, 0.1) is 11.1 Å². The first-order chi connectivity index (χ1) is 12.5. The van der Waals surface area contributed by atoms with E-state index in [0.717, 1.165) is 12.1 Å². The van der Waals surface area contributed by atoms with Gasteiger partial charge in [-0.3, -0.25) is 4.79 Å². The Labute approximate surface area is 156 Å². The fraction of sp³-hybridized carbons (Fsp3) is 0.133. The number of hydrogen-bond donors (Lipinski definition) is 3. The van der Waals surface area contributed by atoms with Gasteiger partial charge in [0.1, 0.15) is 11.6 Å². The topological polar surface area (TPSA) is 139 Å². The highest BCUT2D eigenvalue weighted by Crippen LogP contribution is 2.56. The summed E-state index contributed by atoms with van der Waals surface area (Å²) in [6.45, 7) is 0. The fourth-order valence-electron chi connectivity index (χ4n) is 3.11. The molecule has 0 radical (unpaired) electrons. The molecule has 8 nitrogen and oxygen atoms in total. The van der Waals surface area contributed by atoms with Gasteiger partial charge in [0.2, 0.25) is 17.2 Å². The molecule has 0 amide bonds. The van der Waals surface area contributed by atoms with E-state index in [1.807, 2.05) is 0 Å². The van der Waals surface area contributed by atoms with Crippen LogP contribution in [0.15, 0.2) is 34.1 Å². The van der Waals surface area contributed by atoms with E-state index in [-0.39, 0.29) is 10.9 Å². The van der Waals surface area contributed by atoms with Crippen molar-refractivity contribution in [2.24, 2.45) is 5.73 Å². The first-order valence-corrected chi connectivity index (χ1v) is 7.73. The highest BCUT2D eigenvalue weighted by Gasteiger charge is 2.70. The predicted octanol–water partition coefficient (Wildman–Crippen LogP) is 2.90. The number of nitrogens with zero attached hydrogens (tertiary/aromatic N) is 2. The molecule has 0 saturated heterocycles. The lowest BCUT2D eigenvalue weighted by Crippen LogP contribution is -2.53. The molecule has 2 aromatic rings. The highest BCUT2D eigenvalue weighted by atomic mass is 79.9. The number of aliphatic carboxylic acids is 1. The monoisotopic (exact) mass is 445 g/mol. The summed E-state index contributed by atoms with van der Waals surface area (Å²) in [6.07, 6.45) is -7.26. The second-order valence-electron chi connectivity index (χ2n) is 5.47. The smallest absolute Gasteiger partial charge is 0.418 e. The zero-order valence-electron chi connectivity index (χ0n) is 12.8. The van der Waals surface area contributed by atoms with E-state index in [9.17, 15) is 38.2 Å². The zero-order chi connectivity index (χ0) is 20.3. The maximum atomic E-state index is 14.1. The van der Waals surface area contributed by atoms with Crippen molar-refractivity contribution in [2.75, 3.05) is 0 Å². The summed E-state index contributed by atoms with van der Waals surface area (Å²) in [5.41, 5.74) is -1.20. The van der Waals surface area contributed by atoms with Gasteiger partial charge < -0.3 is 20.7 Å². The summed E-state index contributed by atoms with van der Waals surface area (Å²) in [5.74, 6) is -4.52. The third-order valence-electron chi connectivity index (χ3n) is 4.14. The van der Waals surface area contributed by atoms with Gasteiger partial charge in [0.15, 0.2) is 0 Å². The van der Waals surface area contributed by atoms with Crippen LogP contribution in [-0.2, 0) is 10.2 Å². The van der Waals surface area contributed by atoms with E-state index < -0.39 is 46.6 Å². The number of hydrogen-bond acceptors (Lipinski definition) is 5. The molecular weight excluding hydrogens is 439 g/mol. The summed E-state index contributed by atoms with van der Waals surface area (Å²) in [7, 11) is 0. The molecule has 0 bridgehead atoms. The van der Waals surface area contributed by atoms with Gasteiger partial charge in [-0.25, -0.2) is 9.36 Å². The Balaban J connectivity index is 2.66. The number of nitriles is 1. The number of carbonyl (C=O) groups is 2. The minimum atomic E-state index is -5.53. The van der Waals surface area contributed by atoms with E-state index in [0.29, 0.717) is 9.04 Å². The molecule has 0 fully saturated rings. The Hall–Kier alpha value is -3.20. The van der Waals surface area contributed by atoms with Crippen molar-refractivity contribution in [1.82, 2.24) is 4.57 Å². The largest absolute Gasteiger partial charge is 0.480 e. The molecule has 1 aliphatic heterocycles. The van der Waals surface area contributed by atoms with Crippen LogP contribution in [0.2, 0.25) is 0 Å². The van der Waals surface area contributed by atoms with Crippen LogP contribution in [0, 0.1) is 11.3 Å². The van der Waals surface area contributed by atoms with Crippen molar-refractivity contribution in [3.63, 3.8) is 0 Å². The molecule has 0 unspecified atom stereocenters. The van der Waals surface area contributed by atoms with Crippen molar-refractivity contribution >= 4 is 38.9 Å². The number of carboxylic acid groups (broad SMARTS) is 2. The number of fused-ring (bicyclic) bond motifs is 3. The van der Waals surface area contributed by atoms with E-state index in [1.54, 1.807) is 0 Å². The number of aromatic nitrogens is 1. The number of alkyl halides is 3. The van der Waals surface area contributed by atoms with Crippen LogP contribution in [0.5, 0.6) is 5.88 Å². The van der Waals surface area contributed by atoms with Crippen LogP contribution < -0.4 is 10.5 Å². The minimum Gasteiger partial charge on any atom is -0.480 e. The number of nitrogens with two attached hydrogens (primary N) is 1. The fourth-order valence-corrected chi connectivity index (χ4v) is 3.46. The molecule has 12 heteroatoms. The van der Waals surface area contributed by atoms with Crippen LogP contribution in [0.3, 0.4) is 0 Å². The van der Waals surface area contributed by atoms with E-state index in [1.165, 1.54) is 12.1 Å². The van der Waals surface area contributed by atoms with E-state index in [4.69, 9.17) is 10.5 Å². The van der Waals surface area contributed by atoms with Crippen molar-refractivity contribution in [3.8, 4) is 11.9 Å². The van der Waals surface area contributed by atoms with Crippen molar-refractivity contribution < 1.29 is 37.7 Å². The first-order valence-electron chi connectivity index (χ1n) is 6.94. The molecule has 3 rings (SSSR count). The Morgan fingerprint density at radius 3 is 2.44 bits per heavy atom. The maximum absolute atomic E-state index is 14.1. The average Bonchev–Trinajstić information content (AvgIpc) is 2.84. The molecule has 4 N–H and O–H groups in total. The quantitative estimate of drug-likeness (QED) is 0.612. The number of benzene rings is 1. The predicted molar refractivity (Wildman–Crippen MR) is 85.9 cm³/mol. The third-order valence-corrected chi connectivity index (χ3v) is 4.63. The molecule has 0 spiro atoms. The van der Waals surface area contributed by atoms with Crippen LogP contribution >= 0.6 is 15.9 Å². The minimum absolute atomic E-state index is 0.274. The van der Waals surface area contributed by atoms with Gasteiger partial charge >= 0.3 is 18.2 Å². The molecule has 140 valence electrons. The molecule has 1 aliphatic rings. The lowest BCUT2D eigenvalue weighted by Gasteiger charge is -2.35. The number of carboxylic acids is 1. The second-order valence-corrected chi connectivity index (χ2v) is 6.38. The molecule has 1 aromatic carbocycles. The van der Waals surface area contributed by atoms with Crippen LogP contribution in [0.4, 0.5) is 18.0 Å². The number of rotatable bonds is 1. The molecule has 1 atom stereocenters. The lowest BCUT2D eigenvalue weighted by atomic mass is 9.72. The Morgan fingerprint density at radius 1 is 1.33 bits per heavy atom. The second kappa shape index (κ2) is 5.65. The SMILES string of the molecule is N#CC1=C(N)Oc2c(c3ccc(Br)cc3n2C(=O)O)[C@]1(C(=O)O)C(F)(F)F. The molecule has 27 heavy (non-hydrogen) atoms. The molecule has 2 heterocycles. The lowest BCUT2D eigenvalue weighted by molar-refractivity contribution is -0.197. The Bertz CT molecular complexity index is 1100. The maximum Gasteiger partial charge on any atom is 0.418 e. The van der Waals surface area contributed by atoms with Gasteiger partial charge in [-0.2, -0.15) is 18.4 Å². The molecular formula is C15H7BrF3N3O5. The highest BCUT2D eigenvalue weighted by molar-refractivity contribution is 9.10. The summed E-state index contributed by atoms with van der Waals surface area (Å²) in [6, 6.07) is 4.72. The van der Waals surface area contributed by atoms with Gasteiger partial charge in [0, 0.05) is 9.86 Å². The molecule has 0 saturated carbocycles. The van der Waals surface area contributed by atoms with Crippen LogP contribution in [-0.4, -0.2) is 33.0 Å². The number of ether oxygens (including phenoxy) is 1. The van der Waals surface area contributed by atoms with E-state index in [2.05, 4.69) is 15.9 Å². The Kier molecular flexibility index (Phi) is 3.89.